The fourth-order valence-corrected chi connectivity index (χ4v) is 3.71. The predicted octanol–water partition coefficient (Wildman–Crippen LogP) is 3.57. The molecule has 1 aliphatic heterocycles. The van der Waals surface area contributed by atoms with E-state index in [-0.39, 0.29) is 5.91 Å². The van der Waals surface area contributed by atoms with Gasteiger partial charge in [0.1, 0.15) is 12.4 Å². The third-order valence-electron chi connectivity index (χ3n) is 5.27. The van der Waals surface area contributed by atoms with Crippen molar-refractivity contribution in [3.8, 4) is 5.75 Å². The van der Waals surface area contributed by atoms with Gasteiger partial charge in [0.25, 0.3) is 0 Å². The Morgan fingerprint density at radius 3 is 2.89 bits per heavy atom. The van der Waals surface area contributed by atoms with E-state index < -0.39 is 0 Å². The smallest absolute Gasteiger partial charge is 0.227 e. The van der Waals surface area contributed by atoms with E-state index in [1.165, 1.54) is 17.5 Å². The van der Waals surface area contributed by atoms with Crippen molar-refractivity contribution in [2.24, 2.45) is 5.92 Å². The van der Waals surface area contributed by atoms with Crippen molar-refractivity contribution in [3.05, 3.63) is 65.2 Å². The minimum absolute atomic E-state index is 0.215. The molecule has 0 spiro atoms. The van der Waals surface area contributed by atoms with Crippen LogP contribution in [-0.4, -0.2) is 37.5 Å². The molecule has 4 nitrogen and oxygen atoms in total. The molecule has 0 saturated carbocycles. The number of hydrogen-bond donors (Lipinski definition) is 1. The number of benzene rings is 2. The number of amides is 1. The van der Waals surface area contributed by atoms with E-state index in [0.717, 1.165) is 37.4 Å². The zero-order valence-electron chi connectivity index (χ0n) is 16.4. The van der Waals surface area contributed by atoms with E-state index in [1.807, 2.05) is 48.3 Å². The molecule has 27 heavy (non-hydrogen) atoms. The Hall–Kier alpha value is -2.33. The highest BCUT2D eigenvalue weighted by Crippen LogP contribution is 2.20. The predicted molar refractivity (Wildman–Crippen MR) is 109 cm³/mol. The summed E-state index contributed by atoms with van der Waals surface area (Å²) in [4.78, 5) is 14.7. The van der Waals surface area contributed by atoms with Crippen LogP contribution in [0, 0.1) is 12.8 Å². The summed E-state index contributed by atoms with van der Waals surface area (Å²) in [6.45, 7) is 5.35. The molecule has 2 aromatic rings. The highest BCUT2D eigenvalue weighted by molar-refractivity contribution is 5.79. The molecule has 1 atom stereocenters. The number of piperidine rings is 1. The van der Waals surface area contributed by atoms with Gasteiger partial charge in [0.2, 0.25) is 5.91 Å². The van der Waals surface area contributed by atoms with Crippen LogP contribution in [0.3, 0.4) is 0 Å². The highest BCUT2D eigenvalue weighted by atomic mass is 16.5. The molecule has 4 heteroatoms. The van der Waals surface area contributed by atoms with Gasteiger partial charge in [-0.05, 0) is 68.1 Å². The van der Waals surface area contributed by atoms with Gasteiger partial charge in [-0.3, -0.25) is 4.79 Å². The van der Waals surface area contributed by atoms with Crippen LogP contribution in [-0.2, 0) is 17.8 Å². The number of carbonyl (C=O) groups is 1. The van der Waals surface area contributed by atoms with Gasteiger partial charge in [-0.1, -0.05) is 36.4 Å². The second kappa shape index (κ2) is 9.56. The summed E-state index contributed by atoms with van der Waals surface area (Å²) in [5.41, 5.74) is 3.42. The summed E-state index contributed by atoms with van der Waals surface area (Å²) in [5, 5.41) is 3.23. The first-order chi connectivity index (χ1) is 13.2. The number of nitrogens with one attached hydrogen (secondary N) is 1. The molecule has 1 N–H and O–H groups in total. The van der Waals surface area contributed by atoms with Crippen LogP contribution in [0.15, 0.2) is 48.5 Å². The third kappa shape index (κ3) is 5.57. The van der Waals surface area contributed by atoms with Gasteiger partial charge in [-0.25, -0.2) is 0 Å². The molecule has 144 valence electrons. The topological polar surface area (TPSA) is 41.6 Å². The van der Waals surface area contributed by atoms with Gasteiger partial charge in [-0.2, -0.15) is 0 Å². The number of likely N-dealkylation sites (tertiary alicyclic amines) is 1. The van der Waals surface area contributed by atoms with E-state index in [9.17, 15) is 4.79 Å². The average molecular weight is 367 g/mol. The minimum Gasteiger partial charge on any atom is -0.489 e. The van der Waals surface area contributed by atoms with Crippen LogP contribution in [0.5, 0.6) is 5.75 Å². The normalized spacial score (nSPS) is 17.0. The van der Waals surface area contributed by atoms with Crippen molar-refractivity contribution in [1.82, 2.24) is 10.2 Å². The van der Waals surface area contributed by atoms with Gasteiger partial charge < -0.3 is 15.0 Å². The molecule has 0 bridgehead atoms. The Labute approximate surface area is 162 Å². The Balaban J connectivity index is 1.57. The first kappa shape index (κ1) is 19.4. The van der Waals surface area contributed by atoms with E-state index in [1.54, 1.807) is 0 Å². The minimum atomic E-state index is 0.215. The number of carbonyl (C=O) groups excluding carboxylic acids is 1. The van der Waals surface area contributed by atoms with Gasteiger partial charge in [0.05, 0.1) is 6.42 Å². The summed E-state index contributed by atoms with van der Waals surface area (Å²) in [6.07, 6.45) is 2.73. The first-order valence-corrected chi connectivity index (χ1v) is 9.84. The average Bonchev–Trinajstić information content (AvgIpc) is 2.68. The zero-order valence-corrected chi connectivity index (χ0v) is 16.4. The van der Waals surface area contributed by atoms with Crippen LogP contribution in [0.1, 0.15) is 29.5 Å². The molecule has 1 amide bonds. The van der Waals surface area contributed by atoms with Crippen molar-refractivity contribution in [1.29, 1.82) is 0 Å². The first-order valence-electron chi connectivity index (χ1n) is 9.84. The lowest BCUT2D eigenvalue weighted by molar-refractivity contribution is -0.132. The van der Waals surface area contributed by atoms with E-state index >= 15 is 0 Å². The van der Waals surface area contributed by atoms with Crippen molar-refractivity contribution >= 4 is 5.91 Å². The fourth-order valence-electron chi connectivity index (χ4n) is 3.71. The zero-order chi connectivity index (χ0) is 19.1. The van der Waals surface area contributed by atoms with Crippen molar-refractivity contribution in [2.45, 2.75) is 32.8 Å². The second-order valence-corrected chi connectivity index (χ2v) is 7.45. The summed E-state index contributed by atoms with van der Waals surface area (Å²) >= 11 is 0. The van der Waals surface area contributed by atoms with Crippen molar-refractivity contribution in [3.63, 3.8) is 0 Å². The van der Waals surface area contributed by atoms with Gasteiger partial charge in [-0.15, -0.1) is 0 Å². The van der Waals surface area contributed by atoms with Crippen LogP contribution >= 0.6 is 0 Å². The molecular formula is C23H30N2O2. The summed E-state index contributed by atoms with van der Waals surface area (Å²) in [6, 6.07) is 16.2. The maximum atomic E-state index is 12.7. The molecule has 1 unspecified atom stereocenters. The van der Waals surface area contributed by atoms with Crippen LogP contribution in [0.2, 0.25) is 0 Å². The number of aryl methyl sites for hydroxylation is 1. The van der Waals surface area contributed by atoms with Crippen molar-refractivity contribution < 1.29 is 9.53 Å². The lowest BCUT2D eigenvalue weighted by Gasteiger charge is -2.32. The SMILES string of the molecule is CNCC1CCCN(C(=O)Cc2cccc(OCc3ccccc3C)c2)C1. The quantitative estimate of drug-likeness (QED) is 0.814. The summed E-state index contributed by atoms with van der Waals surface area (Å²) in [5.74, 6) is 1.60. The standard InChI is InChI=1S/C23H30N2O2/c1-18-7-3-4-10-21(18)17-27-22-11-5-8-19(13-22)14-23(26)25-12-6-9-20(16-25)15-24-2/h3-5,7-8,10-11,13,20,24H,6,9,12,14-17H2,1-2H3. The molecule has 0 radical (unpaired) electrons. The van der Waals surface area contributed by atoms with Crippen molar-refractivity contribution in [2.75, 3.05) is 26.7 Å². The molecule has 3 rings (SSSR count). The highest BCUT2D eigenvalue weighted by Gasteiger charge is 2.23. The molecular weight excluding hydrogens is 336 g/mol. The lowest BCUT2D eigenvalue weighted by Crippen LogP contribution is -2.43. The fraction of sp³-hybridized carbons (Fsp3) is 0.435. The van der Waals surface area contributed by atoms with E-state index in [2.05, 4.69) is 24.4 Å². The molecule has 0 aromatic heterocycles. The monoisotopic (exact) mass is 366 g/mol. The van der Waals surface area contributed by atoms with Crippen LogP contribution < -0.4 is 10.1 Å². The van der Waals surface area contributed by atoms with Gasteiger partial charge >= 0.3 is 0 Å². The molecule has 1 saturated heterocycles. The Morgan fingerprint density at radius 2 is 2.07 bits per heavy atom. The summed E-state index contributed by atoms with van der Waals surface area (Å²) in [7, 11) is 1.98. The molecule has 1 fully saturated rings. The largest absolute Gasteiger partial charge is 0.489 e. The van der Waals surface area contributed by atoms with E-state index in [4.69, 9.17) is 4.74 Å². The molecule has 2 aromatic carbocycles. The van der Waals surface area contributed by atoms with E-state index in [0.29, 0.717) is 18.9 Å². The van der Waals surface area contributed by atoms with Crippen LogP contribution in [0.25, 0.3) is 0 Å². The maximum absolute atomic E-state index is 12.7. The van der Waals surface area contributed by atoms with Crippen LogP contribution in [0.4, 0.5) is 0 Å². The Morgan fingerprint density at radius 1 is 1.22 bits per heavy atom. The maximum Gasteiger partial charge on any atom is 0.227 e. The van der Waals surface area contributed by atoms with Gasteiger partial charge in [0.15, 0.2) is 0 Å². The Bertz CT molecular complexity index is 758. The number of nitrogens with zero attached hydrogens (tertiary/aromatic N) is 1. The third-order valence-corrected chi connectivity index (χ3v) is 5.27. The Kier molecular flexibility index (Phi) is 6.88. The number of rotatable bonds is 7. The molecule has 1 heterocycles. The lowest BCUT2D eigenvalue weighted by atomic mass is 9.97. The molecule has 0 aliphatic carbocycles. The summed E-state index contributed by atoms with van der Waals surface area (Å²) < 4.78 is 5.96. The number of ether oxygens (including phenoxy) is 1. The number of hydrogen-bond acceptors (Lipinski definition) is 3. The second-order valence-electron chi connectivity index (χ2n) is 7.45. The molecule has 1 aliphatic rings. The van der Waals surface area contributed by atoms with Gasteiger partial charge in [0, 0.05) is 13.1 Å².